The van der Waals surface area contributed by atoms with Crippen LogP contribution in [0.5, 0.6) is 0 Å². The molecule has 1 aliphatic rings. The molecule has 1 aliphatic carbocycles. The molecule has 0 aliphatic heterocycles. The van der Waals surface area contributed by atoms with E-state index in [0.717, 1.165) is 18.4 Å². The van der Waals surface area contributed by atoms with E-state index in [-0.39, 0.29) is 23.7 Å². The highest BCUT2D eigenvalue weighted by molar-refractivity contribution is 6.31. The molecule has 0 heterocycles. The van der Waals surface area contributed by atoms with Gasteiger partial charge in [0.25, 0.3) is 0 Å². The summed E-state index contributed by atoms with van der Waals surface area (Å²) in [5.41, 5.74) is 2.80. The number of benzene rings is 2. The van der Waals surface area contributed by atoms with Gasteiger partial charge in [0.2, 0.25) is 5.91 Å². The number of rotatable bonds is 7. The van der Waals surface area contributed by atoms with Crippen LogP contribution in [0.25, 0.3) is 0 Å². The van der Waals surface area contributed by atoms with Gasteiger partial charge in [-0.3, -0.25) is 9.59 Å². The summed E-state index contributed by atoms with van der Waals surface area (Å²) in [6.45, 7) is 5.84. The van der Waals surface area contributed by atoms with Crippen LogP contribution >= 0.6 is 23.2 Å². The smallest absolute Gasteiger partial charge is 0.308 e. The van der Waals surface area contributed by atoms with Gasteiger partial charge >= 0.3 is 5.97 Å². The number of fused-ring (bicyclic) bond motifs is 1. The molecule has 0 saturated carbocycles. The summed E-state index contributed by atoms with van der Waals surface area (Å²) in [7, 11) is 1.74. The van der Waals surface area contributed by atoms with Crippen LogP contribution in [0.3, 0.4) is 0 Å². The first-order valence-electron chi connectivity index (χ1n) is 11.0. The van der Waals surface area contributed by atoms with Gasteiger partial charge < -0.3 is 9.64 Å². The van der Waals surface area contributed by atoms with Crippen molar-refractivity contribution < 1.29 is 14.3 Å². The van der Waals surface area contributed by atoms with Crippen LogP contribution in [0.1, 0.15) is 63.1 Å². The maximum Gasteiger partial charge on any atom is 0.308 e. The van der Waals surface area contributed by atoms with E-state index in [1.807, 2.05) is 45.0 Å². The van der Waals surface area contributed by atoms with Crippen LogP contribution in [-0.2, 0) is 26.2 Å². The highest BCUT2D eigenvalue weighted by Crippen LogP contribution is 2.48. The summed E-state index contributed by atoms with van der Waals surface area (Å²) >= 11 is 12.5. The summed E-state index contributed by atoms with van der Waals surface area (Å²) in [5.74, 6) is -0.286. The van der Waals surface area contributed by atoms with Crippen molar-refractivity contribution in [1.82, 2.24) is 4.90 Å². The molecular weight excluding hydrogens is 445 g/mol. The lowest BCUT2D eigenvalue weighted by Gasteiger charge is -2.32. The first-order chi connectivity index (χ1) is 15.0. The Morgan fingerprint density at radius 1 is 1.03 bits per heavy atom. The van der Waals surface area contributed by atoms with Crippen LogP contribution in [0.15, 0.2) is 42.5 Å². The zero-order valence-electron chi connectivity index (χ0n) is 19.2. The van der Waals surface area contributed by atoms with E-state index in [1.54, 1.807) is 11.9 Å². The number of carbonyl (C=O) groups excluding carboxylic acids is 2. The molecule has 2 aromatic rings. The quantitative estimate of drug-likeness (QED) is 0.448. The molecule has 172 valence electrons. The van der Waals surface area contributed by atoms with Crippen molar-refractivity contribution >= 4 is 35.1 Å². The molecule has 0 N–H and O–H groups in total. The van der Waals surface area contributed by atoms with E-state index >= 15 is 0 Å². The minimum Gasteiger partial charge on any atom is -0.460 e. The lowest BCUT2D eigenvalue weighted by molar-refractivity contribution is -0.155. The maximum atomic E-state index is 12.9. The molecule has 6 heteroatoms. The lowest BCUT2D eigenvalue weighted by atomic mass is 9.72. The second kappa shape index (κ2) is 9.84. The third kappa shape index (κ3) is 5.85. The molecule has 0 fully saturated rings. The fraction of sp³-hybridized carbons (Fsp3) is 0.462. The van der Waals surface area contributed by atoms with Crippen molar-refractivity contribution in [3.63, 3.8) is 0 Å². The molecule has 32 heavy (non-hydrogen) atoms. The third-order valence-corrected chi connectivity index (χ3v) is 6.56. The number of amides is 1. The van der Waals surface area contributed by atoms with Gasteiger partial charge in [-0.2, -0.15) is 0 Å². The molecule has 2 aromatic carbocycles. The second-order valence-corrected chi connectivity index (χ2v) is 10.4. The number of carbonyl (C=O) groups is 2. The Kier molecular flexibility index (Phi) is 7.57. The SMILES string of the molecule is CN(CCC(=O)OC(C)(C)C)C(=O)CC[C@]1(c2ccc(Cl)cc2)CCc2ccc(Cl)cc21. The van der Waals surface area contributed by atoms with Crippen molar-refractivity contribution in [3.8, 4) is 0 Å². The van der Waals surface area contributed by atoms with E-state index < -0.39 is 5.60 Å². The van der Waals surface area contributed by atoms with Gasteiger partial charge in [0, 0.05) is 35.5 Å². The number of hydrogen-bond donors (Lipinski definition) is 0. The van der Waals surface area contributed by atoms with Gasteiger partial charge in [0.15, 0.2) is 0 Å². The molecule has 0 unspecified atom stereocenters. The van der Waals surface area contributed by atoms with Gasteiger partial charge in [-0.05, 0) is 81.0 Å². The molecule has 3 rings (SSSR count). The third-order valence-electron chi connectivity index (χ3n) is 6.07. The number of aryl methyl sites for hydroxylation is 1. The van der Waals surface area contributed by atoms with Crippen molar-refractivity contribution in [2.75, 3.05) is 13.6 Å². The van der Waals surface area contributed by atoms with Gasteiger partial charge in [-0.25, -0.2) is 0 Å². The predicted octanol–water partition coefficient (Wildman–Crippen LogP) is 6.20. The Morgan fingerprint density at radius 3 is 2.34 bits per heavy atom. The molecule has 0 spiro atoms. The Morgan fingerprint density at radius 2 is 1.69 bits per heavy atom. The maximum absolute atomic E-state index is 12.9. The average molecular weight is 476 g/mol. The first-order valence-corrected chi connectivity index (χ1v) is 11.8. The summed E-state index contributed by atoms with van der Waals surface area (Å²) in [4.78, 5) is 26.6. The van der Waals surface area contributed by atoms with Crippen LogP contribution in [0.2, 0.25) is 10.0 Å². The summed E-state index contributed by atoms with van der Waals surface area (Å²) in [5, 5.41) is 1.39. The summed E-state index contributed by atoms with van der Waals surface area (Å²) in [6, 6.07) is 13.9. The minimum absolute atomic E-state index is 0.0115. The average Bonchev–Trinajstić information content (AvgIpc) is 3.08. The molecule has 0 aromatic heterocycles. The lowest BCUT2D eigenvalue weighted by Crippen LogP contribution is -2.33. The minimum atomic E-state index is -0.526. The number of nitrogens with zero attached hydrogens (tertiary/aromatic N) is 1. The van der Waals surface area contributed by atoms with Crippen LogP contribution in [-0.4, -0.2) is 36.0 Å². The fourth-order valence-electron chi connectivity index (χ4n) is 4.46. The monoisotopic (exact) mass is 475 g/mol. The topological polar surface area (TPSA) is 46.6 Å². The highest BCUT2D eigenvalue weighted by Gasteiger charge is 2.40. The van der Waals surface area contributed by atoms with E-state index in [1.165, 1.54) is 11.1 Å². The van der Waals surface area contributed by atoms with E-state index in [0.29, 0.717) is 29.4 Å². The van der Waals surface area contributed by atoms with Crippen molar-refractivity contribution in [2.24, 2.45) is 0 Å². The van der Waals surface area contributed by atoms with Crippen LogP contribution < -0.4 is 0 Å². The zero-order valence-corrected chi connectivity index (χ0v) is 20.7. The Hall–Kier alpha value is -2.04. The van der Waals surface area contributed by atoms with E-state index in [2.05, 4.69) is 18.2 Å². The largest absolute Gasteiger partial charge is 0.460 e. The summed E-state index contributed by atoms with van der Waals surface area (Å²) in [6.07, 6.45) is 3.08. The molecule has 0 radical (unpaired) electrons. The number of esters is 1. The van der Waals surface area contributed by atoms with Crippen molar-refractivity contribution in [1.29, 1.82) is 0 Å². The van der Waals surface area contributed by atoms with Crippen LogP contribution in [0, 0.1) is 0 Å². The number of halogens is 2. The molecule has 1 atom stereocenters. The molecule has 0 bridgehead atoms. The van der Waals surface area contributed by atoms with Gasteiger partial charge in [-0.1, -0.05) is 41.4 Å². The highest BCUT2D eigenvalue weighted by atomic mass is 35.5. The van der Waals surface area contributed by atoms with Crippen molar-refractivity contribution in [2.45, 2.75) is 63.9 Å². The Labute approximate surface area is 200 Å². The zero-order chi connectivity index (χ0) is 23.5. The normalized spacial score (nSPS) is 17.7. The Balaban J connectivity index is 1.74. The molecule has 0 saturated heterocycles. The number of ether oxygens (including phenoxy) is 1. The first kappa shape index (κ1) is 24.6. The van der Waals surface area contributed by atoms with E-state index in [4.69, 9.17) is 27.9 Å². The van der Waals surface area contributed by atoms with Gasteiger partial charge in [0.1, 0.15) is 5.60 Å². The summed E-state index contributed by atoms with van der Waals surface area (Å²) < 4.78 is 5.34. The molecular formula is C26H31Cl2NO3. The Bertz CT molecular complexity index is 982. The number of hydrogen-bond acceptors (Lipinski definition) is 3. The van der Waals surface area contributed by atoms with Crippen LogP contribution in [0.4, 0.5) is 0 Å². The van der Waals surface area contributed by atoms with Gasteiger partial charge in [0.05, 0.1) is 6.42 Å². The van der Waals surface area contributed by atoms with E-state index in [9.17, 15) is 9.59 Å². The second-order valence-electron chi connectivity index (χ2n) is 9.54. The fourth-order valence-corrected chi connectivity index (χ4v) is 4.75. The standard InChI is InChI=1S/C26H31Cl2NO3/c1-25(2,3)32-24(31)13-16-29(4)23(30)12-15-26(19-6-9-20(27)10-7-19)14-11-18-5-8-21(28)17-22(18)26/h5-10,17H,11-16H2,1-4H3/t26-/m0/s1. The molecule has 4 nitrogen and oxygen atoms in total. The van der Waals surface area contributed by atoms with Crippen molar-refractivity contribution in [3.05, 3.63) is 69.2 Å². The molecule has 1 amide bonds. The predicted molar refractivity (Wildman–Crippen MR) is 129 cm³/mol. The van der Waals surface area contributed by atoms with Gasteiger partial charge in [-0.15, -0.1) is 0 Å².